The summed E-state index contributed by atoms with van der Waals surface area (Å²) in [5.74, 6) is -3.46. The molecular formula is C25H13ClF5N3O2S. The SMILES string of the molecule is O=C(Nc1cc(-c2cscn2)cc2c1[C@@H](c1cc(F)ccc1Cl)NC2=O)c1cc(F)cc(C(F)(F)F)c1. The minimum atomic E-state index is -4.88. The second kappa shape index (κ2) is 9.24. The fourth-order valence-corrected chi connectivity index (χ4v) is 4.88. The summed E-state index contributed by atoms with van der Waals surface area (Å²) in [6.07, 6.45) is -4.88. The summed E-state index contributed by atoms with van der Waals surface area (Å²) in [4.78, 5) is 30.2. The molecule has 5 nitrogen and oxygen atoms in total. The minimum absolute atomic E-state index is 0.0343. The number of carbonyl (C=O) groups excluding carboxylic acids is 2. The smallest absolute Gasteiger partial charge is 0.341 e. The number of anilines is 1. The van der Waals surface area contributed by atoms with Gasteiger partial charge in [0, 0.05) is 43.9 Å². The summed E-state index contributed by atoms with van der Waals surface area (Å²) in [6, 6.07) is 7.08. The molecular weight excluding hydrogens is 537 g/mol. The van der Waals surface area contributed by atoms with E-state index in [9.17, 15) is 31.5 Å². The molecule has 188 valence electrons. The van der Waals surface area contributed by atoms with Gasteiger partial charge in [-0.2, -0.15) is 13.2 Å². The molecule has 0 bridgehead atoms. The maximum Gasteiger partial charge on any atom is 0.416 e. The highest BCUT2D eigenvalue weighted by molar-refractivity contribution is 7.07. The fourth-order valence-electron chi connectivity index (χ4n) is 4.09. The van der Waals surface area contributed by atoms with Crippen LogP contribution in [0.5, 0.6) is 0 Å². The topological polar surface area (TPSA) is 71.1 Å². The average molecular weight is 550 g/mol. The number of carbonyl (C=O) groups is 2. The predicted molar refractivity (Wildman–Crippen MR) is 128 cm³/mol. The van der Waals surface area contributed by atoms with Crippen molar-refractivity contribution < 1.29 is 31.5 Å². The van der Waals surface area contributed by atoms with Crippen molar-refractivity contribution >= 4 is 40.4 Å². The third-order valence-corrected chi connectivity index (χ3v) is 6.65. The molecule has 2 amide bonds. The number of thiazole rings is 1. The van der Waals surface area contributed by atoms with Crippen LogP contribution < -0.4 is 10.6 Å². The lowest BCUT2D eigenvalue weighted by atomic mass is 9.93. The first kappa shape index (κ1) is 24.8. The molecule has 2 N–H and O–H groups in total. The van der Waals surface area contributed by atoms with E-state index in [-0.39, 0.29) is 33.5 Å². The Bertz CT molecular complexity index is 1560. The zero-order valence-electron chi connectivity index (χ0n) is 18.3. The molecule has 1 atom stereocenters. The van der Waals surface area contributed by atoms with Crippen LogP contribution in [0.25, 0.3) is 11.3 Å². The van der Waals surface area contributed by atoms with Crippen LogP contribution in [0.4, 0.5) is 27.6 Å². The number of fused-ring (bicyclic) bond motifs is 1. The molecule has 1 aromatic heterocycles. The third kappa shape index (κ3) is 4.79. The van der Waals surface area contributed by atoms with Crippen LogP contribution in [-0.4, -0.2) is 16.8 Å². The number of hydrogen-bond acceptors (Lipinski definition) is 4. The Balaban J connectivity index is 1.65. The molecule has 1 aliphatic rings. The first-order valence-corrected chi connectivity index (χ1v) is 11.8. The van der Waals surface area contributed by atoms with Crippen molar-refractivity contribution in [2.24, 2.45) is 0 Å². The van der Waals surface area contributed by atoms with E-state index in [1.807, 2.05) is 0 Å². The standard InChI is InChI=1S/C25H13ClF5N3O2S/c26-18-2-1-14(27)8-16(18)22-21-17(24(36)34-22)5-11(20-9-37-10-32-20)6-19(21)33-23(35)12-3-13(25(29,30)31)7-15(28)4-12/h1-10,22H,(H,33,35)(H,34,36)/t22-/m1/s1. The molecule has 37 heavy (non-hydrogen) atoms. The van der Waals surface area contributed by atoms with Gasteiger partial charge in [0.2, 0.25) is 0 Å². The highest BCUT2D eigenvalue weighted by Gasteiger charge is 2.36. The molecule has 4 aromatic rings. The van der Waals surface area contributed by atoms with Crippen molar-refractivity contribution in [2.45, 2.75) is 12.2 Å². The van der Waals surface area contributed by atoms with Gasteiger partial charge in [-0.1, -0.05) is 11.6 Å². The summed E-state index contributed by atoms with van der Waals surface area (Å²) >= 11 is 7.56. The average Bonchev–Trinajstić information content (AvgIpc) is 3.48. The van der Waals surface area contributed by atoms with Crippen LogP contribution in [0.2, 0.25) is 5.02 Å². The van der Waals surface area contributed by atoms with Gasteiger partial charge in [0.25, 0.3) is 11.8 Å². The van der Waals surface area contributed by atoms with E-state index in [0.29, 0.717) is 23.4 Å². The molecule has 0 saturated heterocycles. The Morgan fingerprint density at radius 2 is 1.84 bits per heavy atom. The molecule has 5 rings (SSSR count). The third-order valence-electron chi connectivity index (χ3n) is 5.72. The minimum Gasteiger partial charge on any atom is -0.341 e. The lowest BCUT2D eigenvalue weighted by molar-refractivity contribution is -0.137. The van der Waals surface area contributed by atoms with E-state index < -0.39 is 46.8 Å². The van der Waals surface area contributed by atoms with Gasteiger partial charge < -0.3 is 10.6 Å². The summed E-state index contributed by atoms with van der Waals surface area (Å²) in [6.45, 7) is 0. The highest BCUT2D eigenvalue weighted by Crippen LogP contribution is 2.42. The largest absolute Gasteiger partial charge is 0.416 e. The number of halogens is 6. The summed E-state index contributed by atoms with van der Waals surface area (Å²) < 4.78 is 67.6. The predicted octanol–water partition coefficient (Wildman–Crippen LogP) is 6.85. The van der Waals surface area contributed by atoms with E-state index in [1.165, 1.54) is 29.5 Å². The second-order valence-corrected chi connectivity index (χ2v) is 9.24. The van der Waals surface area contributed by atoms with Crippen molar-refractivity contribution in [3.05, 3.63) is 104 Å². The Hall–Kier alpha value is -3.83. The normalized spacial score (nSPS) is 14.9. The quantitative estimate of drug-likeness (QED) is 0.274. The van der Waals surface area contributed by atoms with E-state index in [2.05, 4.69) is 15.6 Å². The van der Waals surface area contributed by atoms with Crippen LogP contribution >= 0.6 is 22.9 Å². The van der Waals surface area contributed by atoms with Crippen molar-refractivity contribution in [3.8, 4) is 11.3 Å². The second-order valence-electron chi connectivity index (χ2n) is 8.11. The summed E-state index contributed by atoms with van der Waals surface area (Å²) in [7, 11) is 0. The zero-order chi connectivity index (χ0) is 26.5. The Morgan fingerprint density at radius 3 is 2.54 bits per heavy atom. The number of hydrogen-bond donors (Lipinski definition) is 2. The maximum atomic E-state index is 14.1. The molecule has 0 unspecified atom stereocenters. The van der Waals surface area contributed by atoms with Crippen molar-refractivity contribution in [2.75, 3.05) is 5.32 Å². The number of nitrogens with zero attached hydrogens (tertiary/aromatic N) is 1. The summed E-state index contributed by atoms with van der Waals surface area (Å²) in [5, 5.41) is 7.03. The van der Waals surface area contributed by atoms with E-state index >= 15 is 0 Å². The van der Waals surface area contributed by atoms with Gasteiger partial charge in [-0.05, 0) is 48.5 Å². The van der Waals surface area contributed by atoms with Gasteiger partial charge >= 0.3 is 6.18 Å². The molecule has 0 spiro atoms. The molecule has 2 heterocycles. The number of alkyl halides is 3. The van der Waals surface area contributed by atoms with Crippen molar-refractivity contribution in [3.63, 3.8) is 0 Å². The lowest BCUT2D eigenvalue weighted by Crippen LogP contribution is -2.21. The first-order valence-electron chi connectivity index (χ1n) is 10.5. The first-order chi connectivity index (χ1) is 17.5. The highest BCUT2D eigenvalue weighted by atomic mass is 35.5. The van der Waals surface area contributed by atoms with Gasteiger partial charge in [0.15, 0.2) is 0 Å². The molecule has 0 fully saturated rings. The Kier molecular flexibility index (Phi) is 6.20. The molecule has 1 aliphatic heterocycles. The molecule has 3 aromatic carbocycles. The van der Waals surface area contributed by atoms with Gasteiger partial charge in [-0.15, -0.1) is 11.3 Å². The maximum absolute atomic E-state index is 14.1. The van der Waals surface area contributed by atoms with Crippen LogP contribution in [-0.2, 0) is 6.18 Å². The number of aromatic nitrogens is 1. The van der Waals surface area contributed by atoms with Gasteiger partial charge in [-0.25, -0.2) is 13.8 Å². The Morgan fingerprint density at radius 1 is 1.05 bits per heavy atom. The van der Waals surface area contributed by atoms with E-state index in [1.54, 1.807) is 10.9 Å². The van der Waals surface area contributed by atoms with Gasteiger partial charge in [0.05, 0.1) is 22.8 Å². The van der Waals surface area contributed by atoms with Gasteiger partial charge in [-0.3, -0.25) is 9.59 Å². The van der Waals surface area contributed by atoms with Crippen molar-refractivity contribution in [1.82, 2.24) is 10.3 Å². The molecule has 0 saturated carbocycles. The molecule has 12 heteroatoms. The number of benzene rings is 3. The van der Waals surface area contributed by atoms with Gasteiger partial charge in [0.1, 0.15) is 11.6 Å². The monoisotopic (exact) mass is 549 g/mol. The molecule has 0 aliphatic carbocycles. The number of amides is 2. The fraction of sp³-hybridized carbons (Fsp3) is 0.0800. The van der Waals surface area contributed by atoms with Crippen molar-refractivity contribution in [1.29, 1.82) is 0 Å². The number of rotatable bonds is 4. The number of nitrogens with one attached hydrogen (secondary N) is 2. The Labute approximate surface area is 214 Å². The summed E-state index contributed by atoms with van der Waals surface area (Å²) in [5.41, 5.74) is 1.14. The van der Waals surface area contributed by atoms with Crippen LogP contribution in [0, 0.1) is 11.6 Å². The van der Waals surface area contributed by atoms with E-state index in [0.717, 1.165) is 12.1 Å². The van der Waals surface area contributed by atoms with E-state index in [4.69, 9.17) is 11.6 Å². The van der Waals surface area contributed by atoms with Crippen LogP contribution in [0.3, 0.4) is 0 Å². The molecule has 0 radical (unpaired) electrons. The van der Waals surface area contributed by atoms with Crippen LogP contribution in [0.15, 0.2) is 59.4 Å². The zero-order valence-corrected chi connectivity index (χ0v) is 19.9. The van der Waals surface area contributed by atoms with Crippen LogP contribution in [0.1, 0.15) is 43.4 Å². The lowest BCUT2D eigenvalue weighted by Gasteiger charge is -2.19.